The first kappa shape index (κ1) is 15.0. The van der Waals surface area contributed by atoms with E-state index in [9.17, 15) is 4.79 Å². The average Bonchev–Trinajstić information content (AvgIpc) is 2.93. The summed E-state index contributed by atoms with van der Waals surface area (Å²) in [6.07, 6.45) is 3.00. The van der Waals surface area contributed by atoms with Crippen LogP contribution in [0.5, 0.6) is 0 Å². The number of nitrogens with zero attached hydrogens (tertiary/aromatic N) is 1. The van der Waals surface area contributed by atoms with Crippen molar-refractivity contribution in [1.82, 2.24) is 4.90 Å². The summed E-state index contributed by atoms with van der Waals surface area (Å²) < 4.78 is 10.4. The largest absolute Gasteiger partial charge is 0.469 e. The molecule has 1 aromatic rings. The van der Waals surface area contributed by atoms with Crippen LogP contribution in [0, 0.1) is 0 Å². The van der Waals surface area contributed by atoms with Gasteiger partial charge < -0.3 is 9.47 Å². The number of likely N-dealkylation sites (N-methyl/N-ethyl adjacent to an activating group) is 1. The summed E-state index contributed by atoms with van der Waals surface area (Å²) in [5, 5.41) is 0. The lowest BCUT2D eigenvalue weighted by molar-refractivity contribution is -0.139. The van der Waals surface area contributed by atoms with E-state index in [-0.39, 0.29) is 5.97 Å². The van der Waals surface area contributed by atoms with E-state index in [0.29, 0.717) is 12.5 Å². The third-order valence-electron chi connectivity index (χ3n) is 3.66. The Balaban J connectivity index is 1.95. The first-order valence-electron chi connectivity index (χ1n) is 7.13. The lowest BCUT2D eigenvalue weighted by atomic mass is 10.0. The molecular formula is C16H23NO3. The molecule has 1 aliphatic rings. The Morgan fingerprint density at radius 1 is 1.40 bits per heavy atom. The van der Waals surface area contributed by atoms with Crippen molar-refractivity contribution in [3.8, 4) is 0 Å². The number of benzene rings is 1. The summed E-state index contributed by atoms with van der Waals surface area (Å²) in [5.74, 6) is -0.195. The van der Waals surface area contributed by atoms with Gasteiger partial charge in [-0.3, -0.25) is 9.69 Å². The molecule has 0 bridgehead atoms. The predicted octanol–water partition coefficient (Wildman–Crippen LogP) is 2.01. The fourth-order valence-corrected chi connectivity index (χ4v) is 2.60. The minimum Gasteiger partial charge on any atom is -0.469 e. The minimum absolute atomic E-state index is 0.195. The number of rotatable bonds is 6. The normalized spacial score (nSPS) is 18.4. The van der Waals surface area contributed by atoms with Crippen molar-refractivity contribution in [3.63, 3.8) is 0 Å². The van der Waals surface area contributed by atoms with Crippen molar-refractivity contribution in [2.75, 3.05) is 27.3 Å². The van der Waals surface area contributed by atoms with E-state index in [0.717, 1.165) is 38.1 Å². The van der Waals surface area contributed by atoms with Crippen LogP contribution in [0.4, 0.5) is 0 Å². The van der Waals surface area contributed by atoms with E-state index in [2.05, 4.69) is 18.0 Å². The van der Waals surface area contributed by atoms with Crippen molar-refractivity contribution in [2.24, 2.45) is 0 Å². The lowest BCUT2D eigenvalue weighted by Gasteiger charge is -2.21. The average molecular weight is 277 g/mol. The van der Waals surface area contributed by atoms with Crippen LogP contribution in [0.25, 0.3) is 0 Å². The maximum atomic E-state index is 11.4. The van der Waals surface area contributed by atoms with Crippen LogP contribution in [-0.2, 0) is 27.2 Å². The number of ether oxygens (including phenoxy) is 2. The van der Waals surface area contributed by atoms with Crippen molar-refractivity contribution in [3.05, 3.63) is 35.4 Å². The molecule has 20 heavy (non-hydrogen) atoms. The van der Waals surface area contributed by atoms with Gasteiger partial charge >= 0.3 is 5.97 Å². The van der Waals surface area contributed by atoms with Gasteiger partial charge in [-0.05, 0) is 31.0 Å². The van der Waals surface area contributed by atoms with Crippen molar-refractivity contribution >= 4 is 5.97 Å². The molecule has 110 valence electrons. The first-order chi connectivity index (χ1) is 9.69. The summed E-state index contributed by atoms with van der Waals surface area (Å²) in [5.41, 5.74) is 2.22. The SMILES string of the molecule is COC(=O)Cc1ccccc1CN(C)CC1CCCO1. The fraction of sp³-hybridized carbons (Fsp3) is 0.562. The molecule has 1 aliphatic heterocycles. The van der Waals surface area contributed by atoms with Crippen LogP contribution < -0.4 is 0 Å². The van der Waals surface area contributed by atoms with E-state index < -0.39 is 0 Å². The molecule has 0 aliphatic carbocycles. The van der Waals surface area contributed by atoms with Crippen molar-refractivity contribution in [1.29, 1.82) is 0 Å². The number of esters is 1. The molecule has 1 aromatic carbocycles. The Hall–Kier alpha value is -1.39. The Morgan fingerprint density at radius 2 is 2.15 bits per heavy atom. The topological polar surface area (TPSA) is 38.8 Å². The molecule has 1 heterocycles. The molecule has 0 aromatic heterocycles. The van der Waals surface area contributed by atoms with Crippen molar-refractivity contribution < 1.29 is 14.3 Å². The highest BCUT2D eigenvalue weighted by Crippen LogP contribution is 2.16. The van der Waals surface area contributed by atoms with Gasteiger partial charge in [0.25, 0.3) is 0 Å². The second kappa shape index (κ2) is 7.41. The zero-order valence-electron chi connectivity index (χ0n) is 12.3. The van der Waals surface area contributed by atoms with Gasteiger partial charge in [0.15, 0.2) is 0 Å². The predicted molar refractivity (Wildman–Crippen MR) is 77.5 cm³/mol. The van der Waals surface area contributed by atoms with Gasteiger partial charge in [-0.15, -0.1) is 0 Å². The van der Waals surface area contributed by atoms with Crippen LogP contribution in [0.2, 0.25) is 0 Å². The number of carbonyl (C=O) groups excluding carboxylic acids is 1. The van der Waals surface area contributed by atoms with Gasteiger partial charge in [0.1, 0.15) is 0 Å². The second-order valence-electron chi connectivity index (χ2n) is 5.35. The summed E-state index contributed by atoms with van der Waals surface area (Å²) in [6.45, 7) is 2.65. The van der Waals surface area contributed by atoms with Gasteiger partial charge in [0.05, 0.1) is 19.6 Å². The zero-order chi connectivity index (χ0) is 14.4. The lowest BCUT2D eigenvalue weighted by Crippen LogP contribution is -2.28. The van der Waals surface area contributed by atoms with Crippen molar-refractivity contribution in [2.45, 2.75) is 31.9 Å². The quantitative estimate of drug-likeness (QED) is 0.746. The molecular weight excluding hydrogens is 254 g/mol. The van der Waals surface area contributed by atoms with Gasteiger partial charge in [-0.1, -0.05) is 24.3 Å². The Labute approximate surface area is 120 Å². The maximum Gasteiger partial charge on any atom is 0.309 e. The van der Waals surface area contributed by atoms with Gasteiger partial charge in [0, 0.05) is 19.7 Å². The van der Waals surface area contributed by atoms with E-state index in [1.54, 1.807) is 0 Å². The molecule has 0 amide bonds. The standard InChI is InChI=1S/C16H23NO3/c1-17(12-15-8-5-9-20-15)11-14-7-4-3-6-13(14)10-16(18)19-2/h3-4,6-7,15H,5,8-12H2,1-2H3. The molecule has 1 unspecified atom stereocenters. The van der Waals surface area contributed by atoms with Gasteiger partial charge in [0.2, 0.25) is 0 Å². The molecule has 1 atom stereocenters. The Kier molecular flexibility index (Phi) is 5.56. The number of methoxy groups -OCH3 is 1. The molecule has 0 radical (unpaired) electrons. The highest BCUT2D eigenvalue weighted by Gasteiger charge is 2.18. The van der Waals surface area contributed by atoms with Crippen LogP contribution in [0.1, 0.15) is 24.0 Å². The number of carbonyl (C=O) groups is 1. The minimum atomic E-state index is -0.195. The van der Waals surface area contributed by atoms with Gasteiger partial charge in [-0.2, -0.15) is 0 Å². The summed E-state index contributed by atoms with van der Waals surface area (Å²) in [6, 6.07) is 8.04. The fourth-order valence-electron chi connectivity index (χ4n) is 2.60. The Morgan fingerprint density at radius 3 is 2.80 bits per heavy atom. The maximum absolute atomic E-state index is 11.4. The third kappa shape index (κ3) is 4.32. The van der Waals surface area contributed by atoms with Gasteiger partial charge in [-0.25, -0.2) is 0 Å². The molecule has 4 nitrogen and oxygen atoms in total. The van der Waals surface area contributed by atoms with E-state index >= 15 is 0 Å². The van der Waals surface area contributed by atoms with E-state index in [1.165, 1.54) is 12.7 Å². The van der Waals surface area contributed by atoms with Crippen LogP contribution >= 0.6 is 0 Å². The Bertz CT molecular complexity index is 441. The van der Waals surface area contributed by atoms with Crippen LogP contribution in [0.3, 0.4) is 0 Å². The highest BCUT2D eigenvalue weighted by atomic mass is 16.5. The third-order valence-corrected chi connectivity index (χ3v) is 3.66. The van der Waals surface area contributed by atoms with Crippen LogP contribution in [-0.4, -0.2) is 44.3 Å². The summed E-state index contributed by atoms with van der Waals surface area (Å²) in [7, 11) is 3.52. The number of hydrogen-bond donors (Lipinski definition) is 0. The molecule has 0 N–H and O–H groups in total. The first-order valence-corrected chi connectivity index (χ1v) is 7.13. The molecule has 0 saturated carbocycles. The zero-order valence-corrected chi connectivity index (χ0v) is 12.3. The summed E-state index contributed by atoms with van der Waals surface area (Å²) in [4.78, 5) is 13.7. The molecule has 4 heteroatoms. The number of hydrogen-bond acceptors (Lipinski definition) is 4. The van der Waals surface area contributed by atoms with E-state index in [1.807, 2.05) is 18.2 Å². The molecule has 1 saturated heterocycles. The van der Waals surface area contributed by atoms with Crippen LogP contribution in [0.15, 0.2) is 24.3 Å². The molecule has 1 fully saturated rings. The highest BCUT2D eigenvalue weighted by molar-refractivity contribution is 5.72. The van der Waals surface area contributed by atoms with E-state index in [4.69, 9.17) is 9.47 Å². The summed E-state index contributed by atoms with van der Waals surface area (Å²) >= 11 is 0. The molecule has 2 rings (SSSR count). The molecule has 0 spiro atoms. The second-order valence-corrected chi connectivity index (χ2v) is 5.35. The smallest absolute Gasteiger partial charge is 0.309 e. The monoisotopic (exact) mass is 277 g/mol.